The van der Waals surface area contributed by atoms with Gasteiger partial charge in [0.25, 0.3) is 0 Å². The van der Waals surface area contributed by atoms with E-state index in [0.717, 1.165) is 12.3 Å². The zero-order valence-corrected chi connectivity index (χ0v) is 17.7. The van der Waals surface area contributed by atoms with E-state index in [4.69, 9.17) is 4.74 Å². The van der Waals surface area contributed by atoms with Gasteiger partial charge in [0.05, 0.1) is 0 Å². The van der Waals surface area contributed by atoms with Crippen LogP contribution in [0.3, 0.4) is 0 Å². The lowest BCUT2D eigenvalue weighted by Gasteiger charge is -2.44. The monoisotopic (exact) mass is 380 g/mol. The van der Waals surface area contributed by atoms with Gasteiger partial charge in [-0.2, -0.15) is 0 Å². The summed E-state index contributed by atoms with van der Waals surface area (Å²) in [4.78, 5) is 2.64. The molecule has 0 unspecified atom stereocenters. The molecule has 3 aliphatic heterocycles. The Morgan fingerprint density at radius 1 is 1.04 bits per heavy atom. The van der Waals surface area contributed by atoms with Crippen LogP contribution in [0.1, 0.15) is 67.4 Å². The Bertz CT molecular complexity index is 650. The van der Waals surface area contributed by atoms with Gasteiger partial charge in [-0.15, -0.1) is 12.4 Å². The number of halogens is 1. The molecule has 0 atom stereocenters. The van der Waals surface area contributed by atoms with Crippen molar-refractivity contribution < 1.29 is 7.59 Å². The number of rotatable bonds is 2. The standard InChI is InChI=1S/C22H34N2O.ClH/c1-20(2)18-7-5-6-17(19(18)25-21(20,3)4)16-24-14-10-22(11-15-24)8-12-23-13-9-22;/h5-7,23H,8-16H2,1-4H3;1H/p+2. The summed E-state index contributed by atoms with van der Waals surface area (Å²) in [5.74, 6) is 1.15. The van der Waals surface area contributed by atoms with Crippen LogP contribution in [-0.4, -0.2) is 36.7 Å². The second-order valence-electron chi connectivity index (χ2n) is 9.56. The summed E-state index contributed by atoms with van der Waals surface area (Å²) in [7, 11) is 0. The van der Waals surface area contributed by atoms with Gasteiger partial charge in [0, 0.05) is 23.1 Å². The fourth-order valence-electron chi connectivity index (χ4n) is 4.91. The second-order valence-corrected chi connectivity index (χ2v) is 9.56. The number of benzene rings is 1. The first-order valence-electron chi connectivity index (χ1n) is 10.1. The summed E-state index contributed by atoms with van der Waals surface area (Å²) in [5.41, 5.74) is 3.28. The van der Waals surface area contributed by atoms with Crippen LogP contribution >= 0.6 is 12.4 Å². The highest BCUT2D eigenvalue weighted by Crippen LogP contribution is 2.50. The van der Waals surface area contributed by atoms with Crippen LogP contribution in [0, 0.1) is 5.41 Å². The first kappa shape index (κ1) is 20.0. The first-order valence-corrected chi connectivity index (χ1v) is 10.1. The van der Waals surface area contributed by atoms with Gasteiger partial charge in [-0.3, -0.25) is 4.90 Å². The van der Waals surface area contributed by atoms with Crippen molar-refractivity contribution in [2.45, 2.75) is 70.9 Å². The molecule has 146 valence electrons. The quantitative estimate of drug-likeness (QED) is 0.801. The van der Waals surface area contributed by atoms with E-state index in [1.54, 1.807) is 0 Å². The average molecular weight is 381 g/mol. The molecule has 1 aromatic carbocycles. The van der Waals surface area contributed by atoms with Crippen molar-refractivity contribution in [3.05, 3.63) is 29.3 Å². The van der Waals surface area contributed by atoms with Crippen LogP contribution in [0.4, 0.5) is 0 Å². The molecule has 2 fully saturated rings. The Labute approximate surface area is 168 Å². The zero-order valence-electron chi connectivity index (χ0n) is 18.9. The van der Waals surface area contributed by atoms with Crippen LogP contribution < -0.4 is 10.1 Å². The fraction of sp³-hybridized carbons (Fsp3) is 0.727. The number of hydrogen-bond donors (Lipinski definition) is 1. The summed E-state index contributed by atoms with van der Waals surface area (Å²) in [5, 5.41) is 3.52. The molecule has 0 amide bonds. The van der Waals surface area contributed by atoms with E-state index < -0.39 is 0 Å². The molecular formula is C22H37ClN2O+2. The average Bonchev–Trinajstić information content (AvgIpc) is 2.77. The highest BCUT2D eigenvalue weighted by molar-refractivity contribution is 5.85. The molecule has 2 saturated heterocycles. The Balaban J connectivity index is 0.00000131. The SMILES string of the molecule is CC1(C)Oc2c(CN3CCC4(CCNCC4)CC3)cccc2C1(C)C.Cl.[H+].[H+]. The van der Waals surface area contributed by atoms with E-state index in [2.05, 4.69) is 56.1 Å². The molecule has 1 N–H and O–H groups in total. The smallest absolute Gasteiger partial charge is 0.486 e. The van der Waals surface area contributed by atoms with Crippen LogP contribution in [0.5, 0.6) is 5.75 Å². The number of piperidine rings is 2. The van der Waals surface area contributed by atoms with Crippen molar-refractivity contribution in [1.82, 2.24) is 10.2 Å². The summed E-state index contributed by atoms with van der Waals surface area (Å²) in [6, 6.07) is 6.75. The maximum atomic E-state index is 6.46. The maximum absolute atomic E-state index is 6.46. The maximum Gasteiger partial charge on any atom is 1.00 e. The van der Waals surface area contributed by atoms with Crippen molar-refractivity contribution in [2.24, 2.45) is 5.41 Å². The number of hydrogen-bond acceptors (Lipinski definition) is 3. The molecular weight excluding hydrogens is 344 g/mol. The third-order valence-electron chi connectivity index (χ3n) is 7.61. The molecule has 0 aromatic heterocycles. The van der Waals surface area contributed by atoms with Gasteiger partial charge in [0.15, 0.2) is 0 Å². The fourth-order valence-corrected chi connectivity index (χ4v) is 4.91. The topological polar surface area (TPSA) is 24.5 Å². The Kier molecular flexibility index (Phi) is 5.38. The van der Waals surface area contributed by atoms with E-state index in [1.165, 1.54) is 63.0 Å². The highest BCUT2D eigenvalue weighted by atomic mass is 35.5. The third-order valence-corrected chi connectivity index (χ3v) is 7.61. The number of nitrogens with zero attached hydrogens (tertiary/aromatic N) is 1. The van der Waals surface area contributed by atoms with Gasteiger partial charge >= 0.3 is 2.85 Å². The molecule has 0 bridgehead atoms. The van der Waals surface area contributed by atoms with Crippen molar-refractivity contribution in [3.8, 4) is 5.75 Å². The van der Waals surface area contributed by atoms with Gasteiger partial charge in [-0.05, 0) is 71.1 Å². The van der Waals surface area contributed by atoms with Gasteiger partial charge in [0.2, 0.25) is 0 Å². The number of fused-ring (bicyclic) bond motifs is 1. The van der Waals surface area contributed by atoms with Crippen molar-refractivity contribution in [3.63, 3.8) is 0 Å². The number of nitrogens with one attached hydrogen (secondary N) is 1. The lowest BCUT2D eigenvalue weighted by atomic mass is 9.71. The Morgan fingerprint density at radius 3 is 2.35 bits per heavy atom. The lowest BCUT2D eigenvalue weighted by molar-refractivity contribution is 0.0622. The molecule has 0 aliphatic carbocycles. The second kappa shape index (κ2) is 7.00. The Morgan fingerprint density at radius 2 is 1.69 bits per heavy atom. The van der Waals surface area contributed by atoms with Crippen LogP contribution in [0.25, 0.3) is 0 Å². The first-order chi connectivity index (χ1) is 11.8. The minimum absolute atomic E-state index is 0. The predicted molar refractivity (Wildman–Crippen MR) is 113 cm³/mol. The minimum atomic E-state index is -0.146. The summed E-state index contributed by atoms with van der Waals surface area (Å²) in [6.07, 6.45) is 5.46. The van der Waals surface area contributed by atoms with Crippen molar-refractivity contribution >= 4 is 12.4 Å². The van der Waals surface area contributed by atoms with E-state index >= 15 is 0 Å². The third kappa shape index (κ3) is 3.27. The molecule has 0 saturated carbocycles. The van der Waals surface area contributed by atoms with Crippen molar-refractivity contribution in [1.29, 1.82) is 0 Å². The summed E-state index contributed by atoms with van der Waals surface area (Å²) >= 11 is 0. The minimum Gasteiger partial charge on any atom is -0.486 e. The summed E-state index contributed by atoms with van der Waals surface area (Å²) < 4.78 is 6.46. The molecule has 4 heteroatoms. The molecule has 4 rings (SSSR count). The lowest BCUT2D eigenvalue weighted by Crippen LogP contribution is -2.45. The van der Waals surface area contributed by atoms with Gasteiger partial charge in [-0.1, -0.05) is 32.0 Å². The molecule has 3 nitrogen and oxygen atoms in total. The van der Waals surface area contributed by atoms with E-state index in [9.17, 15) is 0 Å². The number of para-hydroxylation sites is 1. The summed E-state index contributed by atoms with van der Waals surface area (Å²) in [6.45, 7) is 15.0. The number of ether oxygens (including phenoxy) is 1. The van der Waals surface area contributed by atoms with E-state index in [-0.39, 0.29) is 26.3 Å². The van der Waals surface area contributed by atoms with Gasteiger partial charge in [-0.25, -0.2) is 0 Å². The zero-order chi connectivity index (χ0) is 17.7. The highest BCUT2D eigenvalue weighted by Gasteiger charge is 2.48. The normalized spacial score (nSPS) is 26.0. The molecule has 26 heavy (non-hydrogen) atoms. The number of likely N-dealkylation sites (tertiary alicyclic amines) is 1. The molecule has 3 aliphatic rings. The van der Waals surface area contributed by atoms with Crippen molar-refractivity contribution in [2.75, 3.05) is 26.2 Å². The van der Waals surface area contributed by atoms with Gasteiger partial charge in [0.1, 0.15) is 11.4 Å². The molecule has 1 aromatic rings. The molecule has 3 heterocycles. The van der Waals surface area contributed by atoms with Gasteiger partial charge < -0.3 is 10.1 Å². The van der Waals surface area contributed by atoms with Crippen LogP contribution in [-0.2, 0) is 12.0 Å². The largest absolute Gasteiger partial charge is 1.00 e. The van der Waals surface area contributed by atoms with Crippen LogP contribution in [0.2, 0.25) is 0 Å². The van der Waals surface area contributed by atoms with E-state index in [1.807, 2.05) is 0 Å². The molecule has 1 spiro atoms. The van der Waals surface area contributed by atoms with Crippen LogP contribution in [0.15, 0.2) is 18.2 Å². The Hall–Kier alpha value is -0.770. The molecule has 0 radical (unpaired) electrons. The van der Waals surface area contributed by atoms with E-state index in [0.29, 0.717) is 5.41 Å². The predicted octanol–water partition coefficient (Wildman–Crippen LogP) is 4.75.